The van der Waals surface area contributed by atoms with Crippen molar-refractivity contribution in [2.75, 3.05) is 24.6 Å². The van der Waals surface area contributed by atoms with Gasteiger partial charge in [-0.05, 0) is 6.42 Å². The summed E-state index contributed by atoms with van der Waals surface area (Å²) in [6.07, 6.45) is 0.936. The summed E-state index contributed by atoms with van der Waals surface area (Å²) in [5, 5.41) is 5.32. The number of carbonyl (C=O) groups is 1. The number of nitrogens with zero attached hydrogens (tertiary/aromatic N) is 2. The van der Waals surface area contributed by atoms with Crippen LogP contribution in [0.2, 0.25) is 0 Å². The third-order valence-electron chi connectivity index (χ3n) is 2.96. The number of hydrogen-bond acceptors (Lipinski definition) is 5. The Labute approximate surface area is 116 Å². The lowest BCUT2D eigenvalue weighted by Crippen LogP contribution is -2.41. The van der Waals surface area contributed by atoms with Crippen LogP contribution in [0.4, 0.5) is 11.5 Å². The molecule has 0 fully saturated rings. The second-order valence-corrected chi connectivity index (χ2v) is 4.41. The SMILES string of the molecule is CCCn1c(N)c(NCCC(=O)NC)c(=O)n(C)c1=O. The second-order valence-electron chi connectivity index (χ2n) is 4.41. The fourth-order valence-corrected chi connectivity index (χ4v) is 1.82. The lowest BCUT2D eigenvalue weighted by atomic mass is 10.3. The molecule has 0 radical (unpaired) electrons. The summed E-state index contributed by atoms with van der Waals surface area (Å²) in [7, 11) is 2.94. The molecule has 0 aromatic carbocycles. The highest BCUT2D eigenvalue weighted by Crippen LogP contribution is 2.10. The summed E-state index contributed by atoms with van der Waals surface area (Å²) in [6.45, 7) is 2.61. The Morgan fingerprint density at radius 3 is 2.55 bits per heavy atom. The third kappa shape index (κ3) is 3.19. The smallest absolute Gasteiger partial charge is 0.332 e. The highest BCUT2D eigenvalue weighted by atomic mass is 16.2. The van der Waals surface area contributed by atoms with E-state index >= 15 is 0 Å². The zero-order valence-corrected chi connectivity index (χ0v) is 12.0. The zero-order chi connectivity index (χ0) is 15.3. The van der Waals surface area contributed by atoms with E-state index in [2.05, 4.69) is 10.6 Å². The van der Waals surface area contributed by atoms with Crippen LogP contribution >= 0.6 is 0 Å². The molecule has 8 nitrogen and oxygen atoms in total. The Hall–Kier alpha value is -2.25. The van der Waals surface area contributed by atoms with Crippen LogP contribution in [0.5, 0.6) is 0 Å². The Bertz CT molecular complexity index is 602. The number of nitrogens with two attached hydrogens (primary N) is 1. The van der Waals surface area contributed by atoms with E-state index in [9.17, 15) is 14.4 Å². The molecule has 1 aromatic heterocycles. The van der Waals surface area contributed by atoms with Gasteiger partial charge in [-0.2, -0.15) is 0 Å². The van der Waals surface area contributed by atoms with Crippen LogP contribution in [-0.2, 0) is 18.4 Å². The monoisotopic (exact) mass is 283 g/mol. The zero-order valence-electron chi connectivity index (χ0n) is 12.0. The van der Waals surface area contributed by atoms with Crippen LogP contribution in [0.1, 0.15) is 19.8 Å². The fourth-order valence-electron chi connectivity index (χ4n) is 1.82. The first-order valence-electron chi connectivity index (χ1n) is 6.47. The lowest BCUT2D eigenvalue weighted by Gasteiger charge is -2.15. The van der Waals surface area contributed by atoms with Crippen LogP contribution in [0.25, 0.3) is 0 Å². The summed E-state index contributed by atoms with van der Waals surface area (Å²) < 4.78 is 2.36. The minimum Gasteiger partial charge on any atom is -0.383 e. The number of amides is 1. The number of nitrogen functional groups attached to an aromatic ring is 1. The van der Waals surface area contributed by atoms with E-state index in [4.69, 9.17) is 5.73 Å². The second kappa shape index (κ2) is 6.78. The molecular formula is C12H21N5O3. The van der Waals surface area contributed by atoms with Crippen molar-refractivity contribution >= 4 is 17.4 Å². The maximum Gasteiger partial charge on any atom is 0.332 e. The average molecular weight is 283 g/mol. The molecule has 0 saturated heterocycles. The number of aromatic nitrogens is 2. The molecule has 0 atom stereocenters. The molecular weight excluding hydrogens is 262 g/mol. The normalized spacial score (nSPS) is 10.3. The van der Waals surface area contributed by atoms with Gasteiger partial charge in [-0.1, -0.05) is 6.92 Å². The minimum absolute atomic E-state index is 0.108. The van der Waals surface area contributed by atoms with Crippen molar-refractivity contribution in [3.05, 3.63) is 20.8 Å². The summed E-state index contributed by atoms with van der Waals surface area (Å²) in [5.41, 5.74) is 5.10. The molecule has 0 aliphatic carbocycles. The van der Waals surface area contributed by atoms with Gasteiger partial charge in [0.2, 0.25) is 5.91 Å². The van der Waals surface area contributed by atoms with E-state index in [-0.39, 0.29) is 30.4 Å². The first-order valence-corrected chi connectivity index (χ1v) is 6.47. The van der Waals surface area contributed by atoms with Crippen molar-refractivity contribution in [3.8, 4) is 0 Å². The van der Waals surface area contributed by atoms with Gasteiger partial charge >= 0.3 is 5.69 Å². The van der Waals surface area contributed by atoms with Crippen molar-refractivity contribution in [2.45, 2.75) is 26.3 Å². The van der Waals surface area contributed by atoms with E-state index in [1.165, 1.54) is 18.7 Å². The van der Waals surface area contributed by atoms with Crippen LogP contribution < -0.4 is 27.6 Å². The summed E-state index contributed by atoms with van der Waals surface area (Å²) in [6, 6.07) is 0. The topological polar surface area (TPSA) is 111 Å². The van der Waals surface area contributed by atoms with Crippen molar-refractivity contribution in [3.63, 3.8) is 0 Å². The van der Waals surface area contributed by atoms with Crippen LogP contribution in [0, 0.1) is 0 Å². The minimum atomic E-state index is -0.489. The number of hydrogen-bond donors (Lipinski definition) is 3. The summed E-state index contributed by atoms with van der Waals surface area (Å²) in [4.78, 5) is 35.1. The van der Waals surface area contributed by atoms with Crippen molar-refractivity contribution in [1.29, 1.82) is 0 Å². The maximum absolute atomic E-state index is 12.0. The first-order chi connectivity index (χ1) is 9.43. The lowest BCUT2D eigenvalue weighted by molar-refractivity contribution is -0.120. The predicted molar refractivity (Wildman–Crippen MR) is 77.8 cm³/mol. The largest absolute Gasteiger partial charge is 0.383 e. The molecule has 20 heavy (non-hydrogen) atoms. The Morgan fingerprint density at radius 1 is 1.35 bits per heavy atom. The maximum atomic E-state index is 12.0. The van der Waals surface area contributed by atoms with Gasteiger partial charge < -0.3 is 16.4 Å². The molecule has 0 unspecified atom stereocenters. The molecule has 1 rings (SSSR count). The summed E-state index contributed by atoms with van der Waals surface area (Å²) >= 11 is 0. The van der Waals surface area contributed by atoms with Crippen molar-refractivity contribution in [2.24, 2.45) is 7.05 Å². The van der Waals surface area contributed by atoms with Gasteiger partial charge in [0, 0.05) is 33.6 Å². The molecule has 8 heteroatoms. The van der Waals surface area contributed by atoms with E-state index in [1.54, 1.807) is 0 Å². The molecule has 1 heterocycles. The predicted octanol–water partition coefficient (Wildman–Crippen LogP) is -0.913. The van der Waals surface area contributed by atoms with Gasteiger partial charge in [-0.3, -0.25) is 18.7 Å². The number of carbonyl (C=O) groups excluding carboxylic acids is 1. The molecule has 1 aromatic rings. The molecule has 0 spiro atoms. The molecule has 0 aliphatic rings. The highest BCUT2D eigenvalue weighted by Gasteiger charge is 2.14. The van der Waals surface area contributed by atoms with Gasteiger partial charge in [0.15, 0.2) is 0 Å². The molecule has 0 bridgehead atoms. The fraction of sp³-hybridized carbons (Fsp3) is 0.583. The van der Waals surface area contributed by atoms with Crippen molar-refractivity contribution in [1.82, 2.24) is 14.5 Å². The molecule has 112 valence electrons. The van der Waals surface area contributed by atoms with Gasteiger partial charge in [0.1, 0.15) is 11.5 Å². The highest BCUT2D eigenvalue weighted by molar-refractivity contribution is 5.76. The number of nitrogens with one attached hydrogen (secondary N) is 2. The average Bonchev–Trinajstić information content (AvgIpc) is 2.44. The third-order valence-corrected chi connectivity index (χ3v) is 2.96. The van der Waals surface area contributed by atoms with E-state index < -0.39 is 11.2 Å². The quantitative estimate of drug-likeness (QED) is 0.625. The summed E-state index contributed by atoms with van der Waals surface area (Å²) in [5.74, 6) is -0.0355. The Balaban J connectivity index is 3.10. The van der Waals surface area contributed by atoms with Crippen molar-refractivity contribution < 1.29 is 4.79 Å². The molecule has 4 N–H and O–H groups in total. The van der Waals surface area contributed by atoms with Gasteiger partial charge in [0.05, 0.1) is 0 Å². The Kier molecular flexibility index (Phi) is 5.36. The molecule has 1 amide bonds. The van der Waals surface area contributed by atoms with E-state index in [1.807, 2.05) is 6.92 Å². The van der Waals surface area contributed by atoms with Gasteiger partial charge in [0.25, 0.3) is 5.56 Å². The standard InChI is InChI=1S/C12H21N5O3/c1-4-7-17-10(13)9(11(19)16(3)12(17)20)15-6-5-8(18)14-2/h15H,4-7,13H2,1-3H3,(H,14,18). The molecule has 0 saturated carbocycles. The van der Waals surface area contributed by atoms with E-state index in [0.717, 1.165) is 11.0 Å². The molecule has 0 aliphatic heterocycles. The van der Waals surface area contributed by atoms with Gasteiger partial charge in [-0.25, -0.2) is 4.79 Å². The number of rotatable bonds is 6. The van der Waals surface area contributed by atoms with Crippen LogP contribution in [-0.4, -0.2) is 28.6 Å². The van der Waals surface area contributed by atoms with E-state index in [0.29, 0.717) is 6.54 Å². The van der Waals surface area contributed by atoms with Crippen LogP contribution in [0.3, 0.4) is 0 Å². The van der Waals surface area contributed by atoms with Gasteiger partial charge in [-0.15, -0.1) is 0 Å². The Morgan fingerprint density at radius 2 is 2.00 bits per heavy atom. The number of anilines is 2. The van der Waals surface area contributed by atoms with Crippen LogP contribution in [0.15, 0.2) is 9.59 Å². The first kappa shape index (κ1) is 15.8.